The Kier molecular flexibility index (Phi) is 6.40. The highest BCUT2D eigenvalue weighted by Gasteiger charge is 2.14. The van der Waals surface area contributed by atoms with Gasteiger partial charge >= 0.3 is 0 Å². The van der Waals surface area contributed by atoms with Gasteiger partial charge in [-0.1, -0.05) is 23.9 Å². The first-order valence-corrected chi connectivity index (χ1v) is 12.0. The highest BCUT2D eigenvalue weighted by Crippen LogP contribution is 2.32. The maximum Gasteiger partial charge on any atom is 0.166 e. The number of nitrogens with zero attached hydrogens (tertiary/aromatic N) is 2. The van der Waals surface area contributed by atoms with Gasteiger partial charge in [-0.3, -0.25) is 9.19 Å². The predicted molar refractivity (Wildman–Crippen MR) is 120 cm³/mol. The Balaban J connectivity index is 1.53. The van der Waals surface area contributed by atoms with Crippen molar-refractivity contribution in [3.63, 3.8) is 0 Å². The number of rotatable bonds is 7. The van der Waals surface area contributed by atoms with Crippen molar-refractivity contribution in [3.05, 3.63) is 84.4 Å². The Hall–Kier alpha value is -2.77. The Morgan fingerprint density at radius 1 is 0.967 bits per heavy atom. The number of halogens is 1. The standard InChI is InChI=1S/C23H20FN3OS2/c1-30(28)20-8-2-16(3-9-20)12-15-29-23-26-21(17-4-6-19(24)7-5-17)22(27-23)18-10-13-25-14-11-18/h2-11,13-14H,12,15H2,1H3,(H,26,27). The van der Waals surface area contributed by atoms with Crippen molar-refractivity contribution in [2.75, 3.05) is 12.0 Å². The third-order valence-electron chi connectivity index (χ3n) is 4.65. The van der Waals surface area contributed by atoms with E-state index < -0.39 is 10.8 Å². The van der Waals surface area contributed by atoms with Crippen LogP contribution in [0.25, 0.3) is 22.5 Å². The highest BCUT2D eigenvalue weighted by molar-refractivity contribution is 7.99. The molecule has 1 N–H and O–H groups in total. The van der Waals surface area contributed by atoms with Gasteiger partial charge in [0.25, 0.3) is 0 Å². The van der Waals surface area contributed by atoms with Gasteiger partial charge < -0.3 is 4.98 Å². The molecule has 152 valence electrons. The van der Waals surface area contributed by atoms with E-state index in [0.29, 0.717) is 0 Å². The molecular weight excluding hydrogens is 417 g/mol. The minimum Gasteiger partial charge on any atom is -0.332 e. The van der Waals surface area contributed by atoms with E-state index in [1.807, 2.05) is 36.4 Å². The fourth-order valence-electron chi connectivity index (χ4n) is 3.08. The SMILES string of the molecule is CS(=O)c1ccc(CCSc2nc(-c3ccc(F)cc3)c(-c3ccncc3)[nH]2)cc1. The Labute approximate surface area is 181 Å². The lowest BCUT2D eigenvalue weighted by atomic mass is 10.1. The molecule has 4 rings (SSSR count). The summed E-state index contributed by atoms with van der Waals surface area (Å²) in [5, 5.41) is 0.812. The normalized spacial score (nSPS) is 12.1. The van der Waals surface area contributed by atoms with Crippen molar-refractivity contribution in [1.82, 2.24) is 15.0 Å². The largest absolute Gasteiger partial charge is 0.332 e. The summed E-state index contributed by atoms with van der Waals surface area (Å²) in [7, 11) is -0.959. The number of hydrogen-bond donors (Lipinski definition) is 1. The molecule has 30 heavy (non-hydrogen) atoms. The number of imidazole rings is 1. The number of aromatic amines is 1. The summed E-state index contributed by atoms with van der Waals surface area (Å²) < 4.78 is 24.9. The second-order valence-corrected chi connectivity index (χ2v) is 9.17. The quantitative estimate of drug-likeness (QED) is 0.396. The lowest BCUT2D eigenvalue weighted by Gasteiger charge is -2.02. The molecule has 0 fully saturated rings. The monoisotopic (exact) mass is 437 g/mol. The summed E-state index contributed by atoms with van der Waals surface area (Å²) in [6.07, 6.45) is 6.04. The van der Waals surface area contributed by atoms with E-state index in [1.165, 1.54) is 17.7 Å². The minimum absolute atomic E-state index is 0.271. The second-order valence-electron chi connectivity index (χ2n) is 6.70. The summed E-state index contributed by atoms with van der Waals surface area (Å²) in [4.78, 5) is 13.1. The van der Waals surface area contributed by atoms with Crippen molar-refractivity contribution >= 4 is 22.6 Å². The van der Waals surface area contributed by atoms with Crippen LogP contribution in [0, 0.1) is 5.82 Å². The van der Waals surface area contributed by atoms with Crippen LogP contribution in [0.1, 0.15) is 5.56 Å². The van der Waals surface area contributed by atoms with Gasteiger partial charge in [0.05, 0.1) is 11.4 Å². The summed E-state index contributed by atoms with van der Waals surface area (Å²) >= 11 is 1.64. The summed E-state index contributed by atoms with van der Waals surface area (Å²) in [6, 6.07) is 18.1. The molecule has 4 nitrogen and oxygen atoms in total. The van der Waals surface area contributed by atoms with Crippen molar-refractivity contribution in [1.29, 1.82) is 0 Å². The molecule has 0 aliphatic carbocycles. The van der Waals surface area contributed by atoms with Crippen LogP contribution in [0.15, 0.2) is 83.1 Å². The number of nitrogens with one attached hydrogen (secondary N) is 1. The maximum atomic E-state index is 13.4. The van der Waals surface area contributed by atoms with E-state index in [2.05, 4.69) is 9.97 Å². The molecule has 0 saturated carbocycles. The van der Waals surface area contributed by atoms with Crippen LogP contribution in [0.5, 0.6) is 0 Å². The van der Waals surface area contributed by atoms with Crippen molar-refractivity contribution in [2.24, 2.45) is 0 Å². The molecule has 2 aromatic heterocycles. The van der Waals surface area contributed by atoms with Gasteiger partial charge in [0, 0.05) is 51.2 Å². The molecule has 1 atom stereocenters. The zero-order chi connectivity index (χ0) is 20.9. The number of benzene rings is 2. The average Bonchev–Trinajstić information content (AvgIpc) is 3.19. The number of thioether (sulfide) groups is 1. The zero-order valence-corrected chi connectivity index (χ0v) is 18.0. The van der Waals surface area contributed by atoms with Gasteiger partial charge in [-0.15, -0.1) is 0 Å². The van der Waals surface area contributed by atoms with Gasteiger partial charge in [0.15, 0.2) is 5.16 Å². The van der Waals surface area contributed by atoms with Crippen molar-refractivity contribution < 1.29 is 8.60 Å². The molecule has 0 saturated heterocycles. The van der Waals surface area contributed by atoms with E-state index in [4.69, 9.17) is 4.98 Å². The van der Waals surface area contributed by atoms with Crippen molar-refractivity contribution in [2.45, 2.75) is 16.5 Å². The first-order valence-electron chi connectivity index (χ1n) is 9.41. The summed E-state index contributed by atoms with van der Waals surface area (Å²) in [6.45, 7) is 0. The van der Waals surface area contributed by atoms with Gasteiger partial charge in [0.2, 0.25) is 0 Å². The molecule has 0 aliphatic rings. The molecule has 7 heteroatoms. The Bertz CT molecular complexity index is 1140. The maximum absolute atomic E-state index is 13.4. The first kappa shape index (κ1) is 20.5. The second kappa shape index (κ2) is 9.36. The van der Waals surface area contributed by atoms with Crippen LogP contribution in [-0.4, -0.2) is 31.2 Å². The predicted octanol–water partition coefficient (Wildman–Crippen LogP) is 5.35. The highest BCUT2D eigenvalue weighted by atomic mass is 32.2. The molecule has 0 bridgehead atoms. The number of aryl methyl sites for hydroxylation is 1. The average molecular weight is 438 g/mol. The molecule has 2 aromatic carbocycles. The third-order valence-corrected chi connectivity index (χ3v) is 6.46. The Morgan fingerprint density at radius 2 is 1.67 bits per heavy atom. The third kappa shape index (κ3) is 4.86. The molecule has 0 amide bonds. The van der Waals surface area contributed by atoms with Crippen LogP contribution in [0.2, 0.25) is 0 Å². The molecule has 0 aliphatic heterocycles. The molecule has 2 heterocycles. The number of aromatic nitrogens is 3. The minimum atomic E-state index is -0.959. The fraction of sp³-hybridized carbons (Fsp3) is 0.130. The van der Waals surface area contributed by atoms with Crippen molar-refractivity contribution in [3.8, 4) is 22.5 Å². The van der Waals surface area contributed by atoms with E-state index >= 15 is 0 Å². The Morgan fingerprint density at radius 3 is 2.33 bits per heavy atom. The lowest BCUT2D eigenvalue weighted by Crippen LogP contribution is -1.92. The van der Waals surface area contributed by atoms with Crippen LogP contribution >= 0.6 is 11.8 Å². The fourth-order valence-corrected chi connectivity index (χ4v) is 4.46. The first-order chi connectivity index (χ1) is 14.6. The van der Waals surface area contributed by atoms with E-state index in [9.17, 15) is 8.60 Å². The zero-order valence-electron chi connectivity index (χ0n) is 16.3. The van der Waals surface area contributed by atoms with Crippen LogP contribution in [-0.2, 0) is 17.2 Å². The molecular formula is C23H20FN3OS2. The molecule has 4 aromatic rings. The van der Waals surface area contributed by atoms with Crippen LogP contribution in [0.3, 0.4) is 0 Å². The summed E-state index contributed by atoms with van der Waals surface area (Å²) in [5.41, 5.74) is 4.71. The smallest absolute Gasteiger partial charge is 0.166 e. The summed E-state index contributed by atoms with van der Waals surface area (Å²) in [5.74, 6) is 0.577. The van der Waals surface area contributed by atoms with E-state index in [1.54, 1.807) is 42.5 Å². The van der Waals surface area contributed by atoms with Gasteiger partial charge in [0.1, 0.15) is 5.82 Å². The van der Waals surface area contributed by atoms with Crippen LogP contribution in [0.4, 0.5) is 4.39 Å². The molecule has 1 unspecified atom stereocenters. The van der Waals surface area contributed by atoms with Gasteiger partial charge in [-0.05, 0) is 60.5 Å². The van der Waals surface area contributed by atoms with Gasteiger partial charge in [-0.25, -0.2) is 9.37 Å². The molecule has 0 radical (unpaired) electrons. The van der Waals surface area contributed by atoms with E-state index in [-0.39, 0.29) is 5.82 Å². The number of H-pyrrole nitrogens is 1. The lowest BCUT2D eigenvalue weighted by molar-refractivity contribution is 0.628. The van der Waals surface area contributed by atoms with Crippen LogP contribution < -0.4 is 0 Å². The van der Waals surface area contributed by atoms with E-state index in [0.717, 1.165) is 44.7 Å². The number of hydrogen-bond acceptors (Lipinski definition) is 4. The number of pyridine rings is 1. The molecule has 0 spiro atoms. The topological polar surface area (TPSA) is 58.6 Å². The van der Waals surface area contributed by atoms with Gasteiger partial charge in [-0.2, -0.15) is 0 Å².